The van der Waals surface area contributed by atoms with E-state index >= 15 is 0 Å². The fourth-order valence-electron chi connectivity index (χ4n) is 2.41. The molecule has 30 heavy (non-hydrogen) atoms. The number of primary sulfonamides is 1. The number of nitriles is 1. The normalized spacial score (nSPS) is 11.7. The van der Waals surface area contributed by atoms with Crippen LogP contribution < -0.4 is 19.9 Å². The summed E-state index contributed by atoms with van der Waals surface area (Å²) in [7, 11) is -2.39. The molecule has 0 aliphatic carbocycles. The average molecular weight is 450 g/mol. The van der Waals surface area contributed by atoms with Gasteiger partial charge in [-0.2, -0.15) is 5.26 Å². The van der Waals surface area contributed by atoms with Gasteiger partial charge in [0.1, 0.15) is 11.6 Å². The van der Waals surface area contributed by atoms with Crippen LogP contribution in [0.4, 0.5) is 5.69 Å². The molecule has 0 aromatic heterocycles. The van der Waals surface area contributed by atoms with Crippen LogP contribution in [0.3, 0.4) is 0 Å². The van der Waals surface area contributed by atoms with E-state index < -0.39 is 15.9 Å². The molecular formula is C20H20ClN3O5S. The van der Waals surface area contributed by atoms with Crippen LogP contribution in [0.15, 0.2) is 46.9 Å². The topological polar surface area (TPSA) is 132 Å². The Labute approximate surface area is 179 Å². The van der Waals surface area contributed by atoms with Gasteiger partial charge in [-0.05, 0) is 61.9 Å². The van der Waals surface area contributed by atoms with Crippen LogP contribution in [-0.4, -0.2) is 27.5 Å². The van der Waals surface area contributed by atoms with E-state index in [1.165, 1.54) is 37.5 Å². The van der Waals surface area contributed by atoms with E-state index in [0.29, 0.717) is 22.7 Å². The summed E-state index contributed by atoms with van der Waals surface area (Å²) in [6.45, 7) is 3.69. The molecule has 0 saturated carbocycles. The number of carbonyl (C=O) groups excluding carboxylic acids is 1. The standard InChI is InChI=1S/C20H20ClN3O5S/c1-12(2)29-19-17(21)9-13(10-18(19)28-3)8-14(11-22)20(25)24-15-4-6-16(7-5-15)30(23,26)27/h4-10,12H,1-3H3,(H,24,25)(H2,23,26,27)/b14-8+. The third-order valence-corrected chi connectivity index (χ3v) is 4.93. The molecular weight excluding hydrogens is 430 g/mol. The number of nitrogens with zero attached hydrogens (tertiary/aromatic N) is 1. The first-order chi connectivity index (χ1) is 14.0. The van der Waals surface area contributed by atoms with Crippen molar-refractivity contribution in [2.75, 3.05) is 12.4 Å². The second-order valence-corrected chi connectivity index (χ2v) is 8.36. The summed E-state index contributed by atoms with van der Waals surface area (Å²) in [5.41, 5.74) is 0.565. The molecule has 2 aromatic rings. The van der Waals surface area contributed by atoms with Crippen molar-refractivity contribution in [1.29, 1.82) is 5.26 Å². The van der Waals surface area contributed by atoms with Gasteiger partial charge in [0.15, 0.2) is 11.5 Å². The summed E-state index contributed by atoms with van der Waals surface area (Å²) in [5.74, 6) is 0.0430. The van der Waals surface area contributed by atoms with Gasteiger partial charge in [-0.3, -0.25) is 4.79 Å². The lowest BCUT2D eigenvalue weighted by molar-refractivity contribution is -0.112. The Balaban J connectivity index is 2.29. The van der Waals surface area contributed by atoms with Crippen molar-refractivity contribution in [2.45, 2.75) is 24.8 Å². The van der Waals surface area contributed by atoms with Crippen molar-refractivity contribution in [1.82, 2.24) is 0 Å². The number of sulfonamides is 1. The van der Waals surface area contributed by atoms with Crippen LogP contribution in [0, 0.1) is 11.3 Å². The Bertz CT molecular complexity index is 1120. The monoisotopic (exact) mass is 449 g/mol. The number of ether oxygens (including phenoxy) is 2. The number of methoxy groups -OCH3 is 1. The quantitative estimate of drug-likeness (QED) is 0.492. The lowest BCUT2D eigenvalue weighted by atomic mass is 10.1. The van der Waals surface area contributed by atoms with Crippen molar-refractivity contribution < 1.29 is 22.7 Å². The summed E-state index contributed by atoms with van der Waals surface area (Å²) in [4.78, 5) is 12.4. The predicted octanol–water partition coefficient (Wildman–Crippen LogP) is 3.33. The zero-order chi connectivity index (χ0) is 22.5. The number of nitrogens with two attached hydrogens (primary N) is 1. The maximum atomic E-state index is 12.4. The van der Waals surface area contributed by atoms with E-state index in [1.807, 2.05) is 19.9 Å². The summed E-state index contributed by atoms with van der Waals surface area (Å²) in [6.07, 6.45) is 1.22. The van der Waals surface area contributed by atoms with Gasteiger partial charge in [0.25, 0.3) is 5.91 Å². The Morgan fingerprint density at radius 1 is 1.27 bits per heavy atom. The molecule has 0 heterocycles. The summed E-state index contributed by atoms with van der Waals surface area (Å²) >= 11 is 6.27. The highest BCUT2D eigenvalue weighted by Crippen LogP contribution is 2.37. The van der Waals surface area contributed by atoms with Crippen LogP contribution in [0.5, 0.6) is 11.5 Å². The highest BCUT2D eigenvalue weighted by molar-refractivity contribution is 7.89. The van der Waals surface area contributed by atoms with Gasteiger partial charge in [-0.25, -0.2) is 13.6 Å². The molecule has 0 bridgehead atoms. The molecule has 8 nitrogen and oxygen atoms in total. The van der Waals surface area contributed by atoms with Gasteiger partial charge >= 0.3 is 0 Å². The van der Waals surface area contributed by atoms with E-state index in [4.69, 9.17) is 26.2 Å². The molecule has 1 amide bonds. The van der Waals surface area contributed by atoms with Crippen molar-refractivity contribution in [2.24, 2.45) is 5.14 Å². The molecule has 3 N–H and O–H groups in total. The number of anilines is 1. The maximum Gasteiger partial charge on any atom is 0.266 e. The number of nitrogens with one attached hydrogen (secondary N) is 1. The number of benzene rings is 2. The van der Waals surface area contributed by atoms with E-state index in [2.05, 4.69) is 5.32 Å². The minimum absolute atomic E-state index is 0.0954. The fourth-order valence-corrected chi connectivity index (χ4v) is 3.19. The van der Waals surface area contributed by atoms with Crippen molar-refractivity contribution in [3.05, 3.63) is 52.6 Å². The molecule has 0 saturated heterocycles. The van der Waals surface area contributed by atoms with E-state index in [0.717, 1.165) is 0 Å². The first-order valence-electron chi connectivity index (χ1n) is 8.65. The van der Waals surface area contributed by atoms with Crippen LogP contribution in [0.25, 0.3) is 6.08 Å². The van der Waals surface area contributed by atoms with E-state index in [1.54, 1.807) is 12.1 Å². The molecule has 0 fully saturated rings. The van der Waals surface area contributed by atoms with Gasteiger partial charge < -0.3 is 14.8 Å². The Morgan fingerprint density at radius 2 is 1.90 bits per heavy atom. The number of hydrogen-bond acceptors (Lipinski definition) is 6. The van der Waals surface area contributed by atoms with E-state index in [-0.39, 0.29) is 21.6 Å². The van der Waals surface area contributed by atoms with Crippen molar-refractivity contribution in [3.8, 4) is 17.6 Å². The minimum Gasteiger partial charge on any atom is -0.493 e. The molecule has 2 rings (SSSR count). The van der Waals surface area contributed by atoms with Gasteiger partial charge in [-0.15, -0.1) is 0 Å². The van der Waals surface area contributed by atoms with Crippen molar-refractivity contribution in [3.63, 3.8) is 0 Å². The first kappa shape index (κ1) is 23.2. The fraction of sp³-hybridized carbons (Fsp3) is 0.200. The smallest absolute Gasteiger partial charge is 0.266 e. The Morgan fingerprint density at radius 3 is 2.40 bits per heavy atom. The highest BCUT2D eigenvalue weighted by Gasteiger charge is 2.15. The molecule has 158 valence electrons. The minimum atomic E-state index is -3.84. The molecule has 10 heteroatoms. The number of amides is 1. The summed E-state index contributed by atoms with van der Waals surface area (Å²) < 4.78 is 33.5. The molecule has 0 aliphatic rings. The second-order valence-electron chi connectivity index (χ2n) is 6.39. The molecule has 0 radical (unpaired) electrons. The highest BCUT2D eigenvalue weighted by atomic mass is 35.5. The third kappa shape index (κ3) is 5.97. The zero-order valence-electron chi connectivity index (χ0n) is 16.5. The van der Waals surface area contributed by atoms with Gasteiger partial charge in [0.05, 0.1) is 23.1 Å². The molecule has 0 spiro atoms. The molecule has 0 unspecified atom stereocenters. The molecule has 2 aromatic carbocycles. The third-order valence-electron chi connectivity index (χ3n) is 3.72. The largest absolute Gasteiger partial charge is 0.493 e. The number of halogens is 1. The lowest BCUT2D eigenvalue weighted by Gasteiger charge is -2.15. The second kappa shape index (κ2) is 9.63. The van der Waals surface area contributed by atoms with Crippen LogP contribution in [0.1, 0.15) is 19.4 Å². The number of carbonyl (C=O) groups is 1. The van der Waals surface area contributed by atoms with E-state index in [9.17, 15) is 18.5 Å². The lowest BCUT2D eigenvalue weighted by Crippen LogP contribution is -2.14. The van der Waals surface area contributed by atoms with Gasteiger partial charge in [-0.1, -0.05) is 11.6 Å². The van der Waals surface area contributed by atoms with Crippen molar-refractivity contribution >= 4 is 39.3 Å². The first-order valence-corrected chi connectivity index (χ1v) is 10.6. The van der Waals surface area contributed by atoms with Crippen LogP contribution >= 0.6 is 11.6 Å². The Hall–Kier alpha value is -3.06. The molecule has 0 atom stereocenters. The Kier molecular flexibility index (Phi) is 7.45. The zero-order valence-corrected chi connectivity index (χ0v) is 18.0. The van der Waals surface area contributed by atoms with Gasteiger partial charge in [0.2, 0.25) is 10.0 Å². The maximum absolute atomic E-state index is 12.4. The SMILES string of the molecule is COc1cc(/C=C(\C#N)C(=O)Nc2ccc(S(N)(=O)=O)cc2)cc(Cl)c1OC(C)C. The number of rotatable bonds is 7. The average Bonchev–Trinajstić information content (AvgIpc) is 2.67. The van der Waals surface area contributed by atoms with Crippen LogP contribution in [-0.2, 0) is 14.8 Å². The van der Waals surface area contributed by atoms with Crippen LogP contribution in [0.2, 0.25) is 5.02 Å². The predicted molar refractivity (Wildman–Crippen MR) is 114 cm³/mol. The molecule has 0 aliphatic heterocycles. The summed E-state index contributed by atoms with van der Waals surface area (Å²) in [6, 6.07) is 10.2. The summed E-state index contributed by atoms with van der Waals surface area (Å²) in [5, 5.41) is 17.2. The number of hydrogen-bond donors (Lipinski definition) is 2. The van der Waals surface area contributed by atoms with Gasteiger partial charge in [0, 0.05) is 5.69 Å².